The van der Waals surface area contributed by atoms with Gasteiger partial charge in [-0.25, -0.2) is 9.78 Å². The van der Waals surface area contributed by atoms with Gasteiger partial charge < -0.3 is 19.4 Å². The Morgan fingerprint density at radius 1 is 0.949 bits per heavy atom. The maximum atomic E-state index is 12.9. The summed E-state index contributed by atoms with van der Waals surface area (Å²) in [4.78, 5) is 17.7. The average Bonchev–Trinajstić information content (AvgIpc) is 3.54. The third-order valence-corrected chi connectivity index (χ3v) is 8.94. The fraction of sp³-hybridized carbons (Fsp3) is 0.290. The van der Waals surface area contributed by atoms with Gasteiger partial charge in [0, 0.05) is 12.5 Å². The lowest BCUT2D eigenvalue weighted by Crippen LogP contribution is -2.41. The number of nitrogens with one attached hydrogen (secondary N) is 1. The van der Waals surface area contributed by atoms with E-state index in [9.17, 15) is 4.79 Å². The largest absolute Gasteiger partial charge is 0.492 e. The van der Waals surface area contributed by atoms with Gasteiger partial charge in [0.05, 0.1) is 21.4 Å². The van der Waals surface area contributed by atoms with E-state index in [0.717, 1.165) is 20.7 Å². The molecule has 0 spiro atoms. The number of fused-ring (bicyclic) bond motifs is 4. The Kier molecular flexibility index (Phi) is 6.57. The lowest BCUT2D eigenvalue weighted by atomic mass is 9.77. The minimum absolute atomic E-state index is 0.00371. The number of thiazole rings is 1. The summed E-state index contributed by atoms with van der Waals surface area (Å²) < 4.78 is 19.5. The zero-order chi connectivity index (χ0) is 27.2. The topological polar surface area (TPSA) is 69.7 Å². The highest BCUT2D eigenvalue weighted by Gasteiger charge is 2.52. The van der Waals surface area contributed by atoms with Crippen molar-refractivity contribution in [2.75, 3.05) is 13.2 Å². The minimum Gasteiger partial charge on any atom is -0.449 e. The number of aromatic nitrogens is 1. The van der Waals surface area contributed by atoms with Crippen LogP contribution >= 0.6 is 11.3 Å². The van der Waals surface area contributed by atoms with E-state index in [-0.39, 0.29) is 19.1 Å². The molecule has 6 nitrogen and oxygen atoms in total. The smallest absolute Gasteiger partial charge is 0.449 e. The summed E-state index contributed by atoms with van der Waals surface area (Å²) in [5.41, 5.74) is 5.46. The monoisotopic (exact) mass is 538 g/mol. The molecule has 2 aliphatic rings. The number of hydrogen-bond donors (Lipinski definition) is 1. The van der Waals surface area contributed by atoms with E-state index in [4.69, 9.17) is 19.0 Å². The molecule has 6 rings (SSSR count). The maximum absolute atomic E-state index is 12.9. The van der Waals surface area contributed by atoms with Crippen LogP contribution in [0, 0.1) is 0 Å². The van der Waals surface area contributed by atoms with E-state index in [0.29, 0.717) is 0 Å². The van der Waals surface area contributed by atoms with Crippen LogP contribution in [0.1, 0.15) is 49.7 Å². The van der Waals surface area contributed by atoms with Crippen molar-refractivity contribution in [3.8, 4) is 11.1 Å². The molecule has 1 aliphatic carbocycles. The fourth-order valence-corrected chi connectivity index (χ4v) is 6.08. The van der Waals surface area contributed by atoms with Crippen LogP contribution in [0.2, 0.25) is 0 Å². The minimum atomic E-state index is -0.615. The van der Waals surface area contributed by atoms with Crippen LogP contribution in [0.5, 0.6) is 0 Å². The maximum Gasteiger partial charge on any atom is 0.492 e. The van der Waals surface area contributed by atoms with E-state index in [1.807, 2.05) is 82.3 Å². The van der Waals surface area contributed by atoms with Gasteiger partial charge in [0.2, 0.25) is 0 Å². The molecule has 2 heterocycles. The molecule has 4 aromatic rings. The van der Waals surface area contributed by atoms with Crippen LogP contribution in [-0.4, -0.2) is 42.5 Å². The highest BCUT2D eigenvalue weighted by Crippen LogP contribution is 2.44. The zero-order valence-electron chi connectivity index (χ0n) is 22.6. The Bertz CT molecular complexity index is 1480. The molecule has 8 heteroatoms. The predicted molar refractivity (Wildman–Crippen MR) is 157 cm³/mol. The molecule has 1 aliphatic heterocycles. The number of para-hydroxylation sites is 1. The van der Waals surface area contributed by atoms with Crippen molar-refractivity contribution in [2.45, 2.75) is 44.8 Å². The van der Waals surface area contributed by atoms with Crippen LogP contribution in [0.3, 0.4) is 0 Å². The third kappa shape index (κ3) is 4.89. The standard InChI is InChI=1S/C31H31BN2O4S/c1-30(2)31(3,4)38-32(37-30)20(17-28-34-26-15-9-10-16-27(26)39-28)18-33-29(35)36-19-25-23-13-7-5-11-21(23)22-12-6-8-14-24(22)25/h5-17,25H,18-19H2,1-4H3,(H,33,35). The number of amides is 1. The molecular formula is C31H31BN2O4S. The number of carbonyl (C=O) groups is 1. The summed E-state index contributed by atoms with van der Waals surface area (Å²) in [5, 5.41) is 3.76. The molecule has 3 aromatic carbocycles. The molecule has 1 N–H and O–H groups in total. The van der Waals surface area contributed by atoms with E-state index in [2.05, 4.69) is 29.6 Å². The number of ether oxygens (including phenoxy) is 1. The summed E-state index contributed by atoms with van der Waals surface area (Å²) in [6.45, 7) is 8.53. The van der Waals surface area contributed by atoms with E-state index in [1.165, 1.54) is 22.3 Å². The summed E-state index contributed by atoms with van der Waals surface area (Å²) in [6.07, 6.45) is 1.47. The number of alkyl carbamates (subject to hydrolysis) is 1. The van der Waals surface area contributed by atoms with Crippen molar-refractivity contribution in [2.24, 2.45) is 0 Å². The van der Waals surface area contributed by atoms with E-state index in [1.54, 1.807) is 11.3 Å². The quantitative estimate of drug-likeness (QED) is 0.272. The molecular weight excluding hydrogens is 507 g/mol. The van der Waals surface area contributed by atoms with Gasteiger partial charge in [0.1, 0.15) is 11.6 Å². The van der Waals surface area contributed by atoms with Gasteiger partial charge in [0.15, 0.2) is 0 Å². The second-order valence-corrected chi connectivity index (χ2v) is 12.1. The van der Waals surface area contributed by atoms with Crippen LogP contribution in [-0.2, 0) is 14.0 Å². The molecule has 0 bridgehead atoms. The Hall–Kier alpha value is -3.46. The Labute approximate surface area is 233 Å². The van der Waals surface area contributed by atoms with Gasteiger partial charge in [0.25, 0.3) is 0 Å². The molecule has 0 atom stereocenters. The molecule has 1 saturated heterocycles. The first-order valence-corrected chi connectivity index (χ1v) is 14.0. The second-order valence-electron chi connectivity index (χ2n) is 11.0. The molecule has 198 valence electrons. The van der Waals surface area contributed by atoms with Gasteiger partial charge in [-0.05, 0) is 73.6 Å². The fourth-order valence-electron chi connectivity index (χ4n) is 5.13. The molecule has 1 aromatic heterocycles. The highest BCUT2D eigenvalue weighted by molar-refractivity contribution is 7.19. The molecule has 1 amide bonds. The Morgan fingerprint density at radius 3 is 2.18 bits per heavy atom. The first-order valence-electron chi connectivity index (χ1n) is 13.2. The van der Waals surface area contributed by atoms with E-state index >= 15 is 0 Å². The van der Waals surface area contributed by atoms with Crippen LogP contribution in [0.4, 0.5) is 4.79 Å². The van der Waals surface area contributed by atoms with Gasteiger partial charge in [-0.2, -0.15) is 0 Å². The Balaban J connectivity index is 1.18. The van der Waals surface area contributed by atoms with Crippen LogP contribution in [0.15, 0.2) is 78.3 Å². The predicted octanol–water partition coefficient (Wildman–Crippen LogP) is 6.85. The summed E-state index contributed by atoms with van der Waals surface area (Å²) in [7, 11) is -0.615. The molecule has 0 radical (unpaired) electrons. The van der Waals surface area contributed by atoms with Crippen LogP contribution < -0.4 is 5.32 Å². The molecule has 0 unspecified atom stereocenters. The van der Waals surface area contributed by atoms with Crippen molar-refractivity contribution >= 4 is 40.8 Å². The molecule has 39 heavy (non-hydrogen) atoms. The number of rotatable bonds is 6. The van der Waals surface area contributed by atoms with Crippen molar-refractivity contribution in [3.05, 3.63) is 94.4 Å². The summed E-state index contributed by atoms with van der Waals surface area (Å²) >= 11 is 1.59. The SMILES string of the molecule is CC1(C)OB(C(=Cc2nc3ccccc3s2)CNC(=O)OCC2c3ccccc3-c3ccccc32)OC1(C)C. The highest BCUT2D eigenvalue weighted by atomic mass is 32.1. The van der Waals surface area contributed by atoms with Crippen molar-refractivity contribution in [3.63, 3.8) is 0 Å². The first kappa shape index (κ1) is 25.8. The number of carbonyl (C=O) groups excluding carboxylic acids is 1. The normalized spacial score (nSPS) is 17.7. The second kappa shape index (κ2) is 9.94. The third-order valence-electron chi connectivity index (χ3n) is 7.96. The average molecular weight is 538 g/mol. The van der Waals surface area contributed by atoms with Crippen molar-refractivity contribution < 1.29 is 18.8 Å². The lowest BCUT2D eigenvalue weighted by molar-refractivity contribution is 0.00578. The first-order chi connectivity index (χ1) is 18.7. The molecule has 1 fully saturated rings. The van der Waals surface area contributed by atoms with Crippen molar-refractivity contribution in [1.29, 1.82) is 0 Å². The van der Waals surface area contributed by atoms with Gasteiger partial charge in [-0.15, -0.1) is 11.3 Å². The zero-order valence-corrected chi connectivity index (χ0v) is 23.4. The Morgan fingerprint density at radius 2 is 1.54 bits per heavy atom. The number of nitrogens with zero attached hydrogens (tertiary/aromatic N) is 1. The molecule has 0 saturated carbocycles. The van der Waals surface area contributed by atoms with Crippen molar-refractivity contribution in [1.82, 2.24) is 10.3 Å². The van der Waals surface area contributed by atoms with Gasteiger partial charge in [-0.1, -0.05) is 60.7 Å². The number of hydrogen-bond acceptors (Lipinski definition) is 6. The van der Waals surface area contributed by atoms with Gasteiger partial charge >= 0.3 is 13.2 Å². The van der Waals surface area contributed by atoms with Crippen LogP contribution in [0.25, 0.3) is 27.4 Å². The lowest BCUT2D eigenvalue weighted by Gasteiger charge is -2.32. The number of benzene rings is 3. The van der Waals surface area contributed by atoms with Gasteiger partial charge in [-0.3, -0.25) is 0 Å². The van der Waals surface area contributed by atoms with E-state index < -0.39 is 24.4 Å². The summed E-state index contributed by atoms with van der Waals surface area (Å²) in [5.74, 6) is 0.00371. The summed E-state index contributed by atoms with van der Waals surface area (Å²) in [6, 6.07) is 24.6.